The number of nitrogens with two attached hydrogens (primary N) is 3. The molecule has 2 unspecified atom stereocenters. The predicted molar refractivity (Wildman–Crippen MR) is 518 cm³/mol. The molecule has 0 aliphatic heterocycles. The molecule has 7 N–H and O–H groups in total. The van der Waals surface area contributed by atoms with Crippen molar-refractivity contribution in [2.45, 2.75) is 274 Å². The third-order valence-corrected chi connectivity index (χ3v) is 24.2. The number of carbonyl (C=O) groups excluding carboxylic acids is 11. The summed E-state index contributed by atoms with van der Waals surface area (Å²) >= 11 is 0. The molecular weight excluding hydrogens is 1630 g/mol. The second-order valence-corrected chi connectivity index (χ2v) is 36.8. The Morgan fingerprint density at radius 3 is 0.829 bits per heavy atom. The van der Waals surface area contributed by atoms with Crippen molar-refractivity contribution >= 4 is 65.0 Å². The van der Waals surface area contributed by atoms with Crippen LogP contribution in [0.2, 0.25) is 0 Å². The van der Waals surface area contributed by atoms with Gasteiger partial charge in [0, 0.05) is 90.7 Å². The van der Waals surface area contributed by atoms with E-state index >= 15 is 33.6 Å². The van der Waals surface area contributed by atoms with Gasteiger partial charge in [0.15, 0.2) is 0 Å². The van der Waals surface area contributed by atoms with Crippen molar-refractivity contribution < 1.29 is 57.5 Å². The van der Waals surface area contributed by atoms with Crippen LogP contribution >= 0.6 is 0 Å². The molecule has 0 saturated heterocycles. The summed E-state index contributed by atoms with van der Waals surface area (Å²) in [5.74, 6) is -5.46. The third kappa shape index (κ3) is 48.6. The van der Waals surface area contributed by atoms with E-state index in [0.717, 1.165) is 151 Å². The summed E-state index contributed by atoms with van der Waals surface area (Å²) < 4.78 is 5.98. The number of unbranched alkanes of at least 4 members (excludes halogenated alkanes) is 16. The maximum absolute atomic E-state index is 15.7. The molecule has 4 rings (SSSR count). The van der Waals surface area contributed by atoms with Crippen LogP contribution in [0.1, 0.15) is 259 Å². The zero-order valence-electron chi connectivity index (χ0n) is 81.3. The van der Waals surface area contributed by atoms with Gasteiger partial charge < -0.3 is 76.3 Å². The van der Waals surface area contributed by atoms with Gasteiger partial charge in [-0.05, 0) is 126 Å². The fourth-order valence-electron chi connectivity index (χ4n) is 15.8. The van der Waals surface area contributed by atoms with Gasteiger partial charge in [0.2, 0.25) is 65.0 Å². The Morgan fingerprint density at radius 2 is 0.558 bits per heavy atom. The molecule has 0 aliphatic rings. The Balaban J connectivity index is 1.79. The van der Waals surface area contributed by atoms with Crippen molar-refractivity contribution in [1.29, 1.82) is 0 Å². The number of rotatable bonds is 72. The van der Waals surface area contributed by atoms with Crippen molar-refractivity contribution in [1.82, 2.24) is 54.3 Å². The number of hydrogen-bond donors (Lipinski definition) is 4. The van der Waals surface area contributed by atoms with Crippen molar-refractivity contribution in [3.63, 3.8) is 0 Å². The number of benzene rings is 4. The van der Waals surface area contributed by atoms with Gasteiger partial charge in [-0.25, -0.2) is 0 Å². The van der Waals surface area contributed by atoms with Gasteiger partial charge in [-0.2, -0.15) is 0 Å². The molecule has 0 saturated carbocycles. The summed E-state index contributed by atoms with van der Waals surface area (Å²) in [5, 5.41) is 3.34. The lowest BCUT2D eigenvalue weighted by Crippen LogP contribution is -2.54. The lowest BCUT2D eigenvalue weighted by atomic mass is 9.98. The first-order valence-corrected chi connectivity index (χ1v) is 49.0. The molecule has 0 fully saturated rings. The van der Waals surface area contributed by atoms with E-state index < -0.39 is 98.0 Å². The van der Waals surface area contributed by atoms with Crippen molar-refractivity contribution in [2.75, 3.05) is 157 Å². The SMILES string of the molecule is CCCCCCCCCCN(CC(=O)N(CC(=O)N(CCCCCCCCCC)CC(=O)N(CC(N)=O)CC(CC)CCCC)CC(CC)CCCC)C(=O)CN(CCc1ccccc1)C(=O)CN(CCc1ccccc1)C(=O)CN(CCN)C(=O)CN(CCc1ccccc1)C(=O)CN(CCc1ccccc1)C(=O)CN(CCN)C(=O)CNC(C)(C)CCOC(C)(C)C. The monoisotopic (exact) mass is 1790 g/mol. The number of hydrogen-bond acceptors (Lipinski definition) is 15. The lowest BCUT2D eigenvalue weighted by molar-refractivity contribution is -0.149. The second-order valence-electron chi connectivity index (χ2n) is 36.8. The first-order valence-electron chi connectivity index (χ1n) is 49.0. The molecule has 0 heterocycles. The topological polar surface area (TPSA) is 319 Å². The van der Waals surface area contributed by atoms with Gasteiger partial charge in [0.25, 0.3) is 0 Å². The van der Waals surface area contributed by atoms with E-state index in [9.17, 15) is 19.2 Å². The minimum Gasteiger partial charge on any atom is -0.376 e. The molecule has 0 aromatic heterocycles. The summed E-state index contributed by atoms with van der Waals surface area (Å²) in [6.07, 6.45) is 24.6. The first kappa shape index (κ1) is 112. The minimum atomic E-state index is -0.646. The maximum Gasteiger partial charge on any atom is 0.242 e. The van der Waals surface area contributed by atoms with E-state index in [4.69, 9.17) is 21.9 Å². The molecule has 0 spiro atoms. The fraction of sp³-hybridized carbons (Fsp3) is 0.660. The molecule has 0 aliphatic carbocycles. The zero-order chi connectivity index (χ0) is 94.6. The smallest absolute Gasteiger partial charge is 0.242 e. The molecule has 4 aromatic rings. The number of nitrogens with zero attached hydrogens (tertiary/aromatic N) is 10. The molecule has 2 atom stereocenters. The number of nitrogens with one attached hydrogen (secondary N) is 1. The van der Waals surface area contributed by atoms with Gasteiger partial charge in [-0.1, -0.05) is 291 Å². The van der Waals surface area contributed by atoms with Crippen LogP contribution < -0.4 is 22.5 Å². The van der Waals surface area contributed by atoms with Gasteiger partial charge in [-0.15, -0.1) is 0 Å². The molecule has 722 valence electrons. The Hall–Kier alpha value is -9.11. The number of primary amides is 1. The number of carbonyl (C=O) groups is 11. The van der Waals surface area contributed by atoms with Crippen LogP contribution in [0.3, 0.4) is 0 Å². The number of amides is 11. The average Bonchev–Trinajstić information content (AvgIpc) is 0.849. The highest BCUT2D eigenvalue weighted by molar-refractivity contribution is 5.95. The third-order valence-electron chi connectivity index (χ3n) is 24.2. The summed E-state index contributed by atoms with van der Waals surface area (Å²) in [4.78, 5) is 179. The van der Waals surface area contributed by atoms with Crippen LogP contribution in [-0.2, 0) is 83.2 Å². The van der Waals surface area contributed by atoms with Crippen LogP contribution in [0.5, 0.6) is 0 Å². The van der Waals surface area contributed by atoms with E-state index in [1.165, 1.54) is 45.6 Å². The van der Waals surface area contributed by atoms with E-state index in [0.29, 0.717) is 64.5 Å². The molecule has 0 bridgehead atoms. The Morgan fingerprint density at radius 1 is 0.310 bits per heavy atom. The standard InChI is InChI=1S/C103H168N14O12/c1-12-18-22-24-26-28-30-44-63-108(83-101(128)117(74-86(17-6)47-21-15-4)84-99(126)109(64-45-31-29-27-25-23-19-13-2)82-100(127)116(75-91(106)118)73-85(16-5)46-20-14-3)93(120)76-110(65-56-87-48-36-32-37-49-87)94(121)78-112(67-58-89-52-40-34-41-53-89)97(124)81-115(70-62-105)98(125)79-113(68-59-90-54-42-35-43-55-90)95(122)77-111(66-57-88-50-38-33-39-51-88)96(123)80-114(69-61-104)92(119)72-107-103(10,11)60-71-129-102(7,8)9/h32-43,48-55,85-86,107H,12-31,44-47,56-84,104-105H2,1-11H3,(H2,106,118). The van der Waals surface area contributed by atoms with E-state index in [1.807, 2.05) is 156 Å². The molecule has 26 heteroatoms. The highest BCUT2D eigenvalue weighted by Gasteiger charge is 2.35. The van der Waals surface area contributed by atoms with E-state index in [1.54, 1.807) is 9.80 Å². The summed E-state index contributed by atoms with van der Waals surface area (Å²) in [6.45, 7) is 19.9. The second kappa shape index (κ2) is 65.4. The van der Waals surface area contributed by atoms with Gasteiger partial charge in [0.1, 0.15) is 0 Å². The molecule has 26 nitrogen and oxygen atoms in total. The zero-order valence-corrected chi connectivity index (χ0v) is 81.3. The minimum absolute atomic E-state index is 0.00223. The van der Waals surface area contributed by atoms with E-state index in [-0.39, 0.29) is 134 Å². The summed E-state index contributed by atoms with van der Waals surface area (Å²) in [5.41, 5.74) is 21.0. The quantitative estimate of drug-likeness (QED) is 0.0299. The Bertz CT molecular complexity index is 3820. The van der Waals surface area contributed by atoms with Crippen LogP contribution in [-0.4, -0.2) is 282 Å². The predicted octanol–water partition coefficient (Wildman–Crippen LogP) is 12.9. The fourth-order valence-corrected chi connectivity index (χ4v) is 15.8. The van der Waals surface area contributed by atoms with Gasteiger partial charge >= 0.3 is 0 Å². The van der Waals surface area contributed by atoms with Crippen LogP contribution in [0.25, 0.3) is 0 Å². The maximum atomic E-state index is 15.7. The number of ether oxygens (including phenoxy) is 1. The summed E-state index contributed by atoms with van der Waals surface area (Å²) in [7, 11) is 0. The van der Waals surface area contributed by atoms with Gasteiger partial charge in [0.05, 0.1) is 77.6 Å². The van der Waals surface area contributed by atoms with Crippen LogP contribution in [0.15, 0.2) is 121 Å². The molecule has 0 radical (unpaired) electrons. The highest BCUT2D eigenvalue weighted by Crippen LogP contribution is 2.22. The summed E-state index contributed by atoms with van der Waals surface area (Å²) in [6, 6.07) is 38.0. The molecule has 11 amide bonds. The largest absolute Gasteiger partial charge is 0.376 e. The van der Waals surface area contributed by atoms with Crippen molar-refractivity contribution in [3.8, 4) is 0 Å². The average molecular weight is 1790 g/mol. The highest BCUT2D eigenvalue weighted by atomic mass is 16.5. The van der Waals surface area contributed by atoms with Crippen molar-refractivity contribution in [3.05, 3.63) is 144 Å². The Kier molecular flexibility index (Phi) is 56.9. The van der Waals surface area contributed by atoms with Crippen molar-refractivity contribution in [2.24, 2.45) is 29.0 Å². The van der Waals surface area contributed by atoms with Gasteiger partial charge in [-0.3, -0.25) is 52.7 Å². The molecule has 4 aromatic carbocycles. The molecular formula is C103H168N14O12. The first-order chi connectivity index (χ1) is 62.0. The lowest BCUT2D eigenvalue weighted by Gasteiger charge is -2.34. The van der Waals surface area contributed by atoms with Crippen LogP contribution in [0, 0.1) is 11.8 Å². The van der Waals surface area contributed by atoms with Crippen LogP contribution in [0.4, 0.5) is 0 Å². The van der Waals surface area contributed by atoms with E-state index in [2.05, 4.69) is 46.9 Å². The Labute approximate surface area is 775 Å². The molecule has 129 heavy (non-hydrogen) atoms. The normalized spacial score (nSPS) is 11.9.